The van der Waals surface area contributed by atoms with Gasteiger partial charge in [0.2, 0.25) is 0 Å². The molecule has 0 aliphatic heterocycles. The largest absolute Gasteiger partial charge is 0.497 e. The Labute approximate surface area is 107 Å². The minimum Gasteiger partial charge on any atom is -0.497 e. The van der Waals surface area contributed by atoms with Crippen molar-refractivity contribution < 1.29 is 24.2 Å². The van der Waals surface area contributed by atoms with E-state index in [2.05, 4.69) is 6.07 Å². The molecule has 3 heteroatoms. The van der Waals surface area contributed by atoms with Crippen LogP contribution in [-0.2, 0) is 19.5 Å². The van der Waals surface area contributed by atoms with Gasteiger partial charge in [-0.2, -0.15) is 24.3 Å². The Morgan fingerprint density at radius 2 is 1.93 bits per heavy atom. The summed E-state index contributed by atoms with van der Waals surface area (Å²) in [7, 11) is 1.68. The molecule has 2 aromatic carbocycles. The van der Waals surface area contributed by atoms with Crippen LogP contribution in [0.15, 0.2) is 36.4 Å². The monoisotopic (exact) mass is 301 g/mol. The van der Waals surface area contributed by atoms with E-state index >= 15 is 0 Å². The van der Waals surface area contributed by atoms with Crippen molar-refractivity contribution in [2.75, 3.05) is 7.11 Å². The third-order valence-electron chi connectivity index (χ3n) is 1.89. The molecule has 0 heterocycles. The first kappa shape index (κ1) is 13.6. The van der Waals surface area contributed by atoms with Gasteiger partial charge in [-0.1, -0.05) is 0 Å². The number of ether oxygens (including phenoxy) is 1. The molecular weight excluding hydrogens is 293 g/mol. The maximum atomic E-state index is 5.11. The zero-order valence-electron chi connectivity index (χ0n) is 7.99. The number of rotatable bonds is 1. The molecule has 14 heavy (non-hydrogen) atoms. The first-order chi connectivity index (χ1) is 5.90. The number of fused-ring (bicyclic) bond motifs is 1. The average Bonchev–Trinajstić information content (AvgIpc) is 2.17. The zero-order valence-corrected chi connectivity index (χ0v) is 12.7. The van der Waals surface area contributed by atoms with E-state index in [1.54, 1.807) is 7.11 Å². The minimum absolute atomic E-state index is 0. The smallest absolute Gasteiger partial charge is 0.116 e. The molecule has 2 aromatic rings. The van der Waals surface area contributed by atoms with E-state index in [0.717, 1.165) is 5.75 Å². The van der Waals surface area contributed by atoms with Crippen LogP contribution in [0.2, 0.25) is 0 Å². The van der Waals surface area contributed by atoms with E-state index < -0.39 is 0 Å². The SMILES string of the molecule is Br.COc1ccc2c[c-]ccc2c1.[Zn]. The molecule has 0 radical (unpaired) electrons. The van der Waals surface area contributed by atoms with E-state index in [4.69, 9.17) is 4.74 Å². The minimum atomic E-state index is 0. The molecular formula is C11H10BrOZn-. The van der Waals surface area contributed by atoms with Crippen molar-refractivity contribution in [2.45, 2.75) is 0 Å². The van der Waals surface area contributed by atoms with Crippen molar-refractivity contribution in [3.05, 3.63) is 42.5 Å². The van der Waals surface area contributed by atoms with E-state index in [1.165, 1.54) is 10.8 Å². The van der Waals surface area contributed by atoms with E-state index in [9.17, 15) is 0 Å². The normalized spacial score (nSPS) is 8.64. The average molecular weight is 303 g/mol. The first-order valence-electron chi connectivity index (χ1n) is 3.84. The molecule has 0 unspecified atom stereocenters. The Balaban J connectivity index is 0.000000845. The van der Waals surface area contributed by atoms with Gasteiger partial charge in [0.15, 0.2) is 0 Å². The topological polar surface area (TPSA) is 9.23 Å². The summed E-state index contributed by atoms with van der Waals surface area (Å²) in [6, 6.07) is 14.9. The maximum Gasteiger partial charge on any atom is 0.116 e. The van der Waals surface area contributed by atoms with Gasteiger partial charge in [0.05, 0.1) is 7.11 Å². The van der Waals surface area contributed by atoms with Crippen molar-refractivity contribution in [1.82, 2.24) is 0 Å². The predicted molar refractivity (Wildman–Crippen MR) is 59.7 cm³/mol. The van der Waals surface area contributed by atoms with Gasteiger partial charge >= 0.3 is 0 Å². The summed E-state index contributed by atoms with van der Waals surface area (Å²) in [6.45, 7) is 0. The molecule has 0 atom stereocenters. The fourth-order valence-corrected chi connectivity index (χ4v) is 1.23. The molecule has 1 nitrogen and oxygen atoms in total. The van der Waals surface area contributed by atoms with Gasteiger partial charge in [0, 0.05) is 19.5 Å². The quantitative estimate of drug-likeness (QED) is 0.580. The molecule has 70 valence electrons. The van der Waals surface area contributed by atoms with Crippen molar-refractivity contribution in [3.8, 4) is 5.75 Å². The second-order valence-corrected chi connectivity index (χ2v) is 2.64. The molecule has 0 bridgehead atoms. The van der Waals surface area contributed by atoms with Crippen LogP contribution in [0.3, 0.4) is 0 Å². The van der Waals surface area contributed by atoms with E-state index in [0.29, 0.717) is 0 Å². The molecule has 0 amide bonds. The Kier molecular flexibility index (Phi) is 5.98. The van der Waals surface area contributed by atoms with Crippen LogP contribution in [0.25, 0.3) is 10.8 Å². The van der Waals surface area contributed by atoms with Gasteiger partial charge in [0.25, 0.3) is 0 Å². The summed E-state index contributed by atoms with van der Waals surface area (Å²) in [5.41, 5.74) is 0. The van der Waals surface area contributed by atoms with E-state index in [1.807, 2.05) is 36.4 Å². The third kappa shape index (κ3) is 2.80. The summed E-state index contributed by atoms with van der Waals surface area (Å²) in [5, 5.41) is 2.38. The van der Waals surface area contributed by atoms with Gasteiger partial charge in [-0.25, -0.2) is 0 Å². The van der Waals surface area contributed by atoms with Crippen molar-refractivity contribution in [1.29, 1.82) is 0 Å². The molecule has 2 rings (SSSR count). The molecule has 0 saturated carbocycles. The summed E-state index contributed by atoms with van der Waals surface area (Å²) in [5.74, 6) is 0.897. The number of halogens is 1. The molecule has 0 aliphatic carbocycles. The van der Waals surface area contributed by atoms with Crippen LogP contribution >= 0.6 is 17.0 Å². The Morgan fingerprint density at radius 3 is 2.64 bits per heavy atom. The predicted octanol–water partition coefficient (Wildman–Crippen LogP) is 3.22. The molecule has 0 aromatic heterocycles. The van der Waals surface area contributed by atoms with Crippen LogP contribution in [0.5, 0.6) is 5.75 Å². The molecule has 0 aliphatic rings. The standard InChI is InChI=1S/C11H9O.BrH.Zn/c1-12-11-7-6-9-4-2-3-5-10(9)8-11;;/h3-8H,1H3;1H;/q-1;;. The fourth-order valence-electron chi connectivity index (χ4n) is 1.23. The zero-order chi connectivity index (χ0) is 8.39. The van der Waals surface area contributed by atoms with Gasteiger partial charge in [-0.15, -0.1) is 33.8 Å². The Morgan fingerprint density at radius 1 is 1.14 bits per heavy atom. The maximum absolute atomic E-state index is 5.11. The fraction of sp³-hybridized carbons (Fsp3) is 0.0909. The number of hydrogen-bond donors (Lipinski definition) is 0. The van der Waals surface area contributed by atoms with Crippen LogP contribution in [-0.4, -0.2) is 7.11 Å². The van der Waals surface area contributed by atoms with Crippen LogP contribution < -0.4 is 4.74 Å². The third-order valence-corrected chi connectivity index (χ3v) is 1.89. The Bertz CT molecular complexity index is 403. The van der Waals surface area contributed by atoms with E-state index in [-0.39, 0.29) is 36.5 Å². The summed E-state index contributed by atoms with van der Waals surface area (Å²) < 4.78 is 5.11. The number of benzene rings is 2. The molecule has 0 saturated heterocycles. The van der Waals surface area contributed by atoms with Crippen molar-refractivity contribution in [2.24, 2.45) is 0 Å². The second-order valence-electron chi connectivity index (χ2n) is 2.64. The van der Waals surface area contributed by atoms with Crippen LogP contribution in [0.1, 0.15) is 0 Å². The second kappa shape index (κ2) is 6.16. The van der Waals surface area contributed by atoms with Crippen LogP contribution in [0, 0.1) is 6.07 Å². The van der Waals surface area contributed by atoms with Crippen LogP contribution in [0.4, 0.5) is 0 Å². The van der Waals surface area contributed by atoms with Crippen molar-refractivity contribution >= 4 is 27.8 Å². The molecule has 0 fully saturated rings. The summed E-state index contributed by atoms with van der Waals surface area (Å²) >= 11 is 0. The van der Waals surface area contributed by atoms with Gasteiger partial charge in [0.1, 0.15) is 5.75 Å². The molecule has 0 spiro atoms. The van der Waals surface area contributed by atoms with Crippen molar-refractivity contribution in [3.63, 3.8) is 0 Å². The number of methoxy groups -OCH3 is 1. The first-order valence-corrected chi connectivity index (χ1v) is 3.84. The Hall–Kier alpha value is -0.397. The summed E-state index contributed by atoms with van der Waals surface area (Å²) in [4.78, 5) is 0. The van der Waals surface area contributed by atoms with Gasteiger partial charge in [-0.3, -0.25) is 0 Å². The molecule has 0 N–H and O–H groups in total. The van der Waals surface area contributed by atoms with Gasteiger partial charge in [-0.05, 0) is 12.1 Å². The number of hydrogen-bond acceptors (Lipinski definition) is 1. The van der Waals surface area contributed by atoms with Gasteiger partial charge < -0.3 is 4.74 Å². The summed E-state index contributed by atoms with van der Waals surface area (Å²) in [6.07, 6.45) is 0.